The highest BCUT2D eigenvalue weighted by atomic mass is 16.3. The Morgan fingerprint density at radius 3 is 1.74 bits per heavy atom. The number of rotatable bonds is 5. The third-order valence-corrected chi connectivity index (χ3v) is 11.0. The van der Waals surface area contributed by atoms with Gasteiger partial charge in [0, 0.05) is 33.0 Å². The van der Waals surface area contributed by atoms with Crippen LogP contribution < -0.4 is 0 Å². The highest BCUT2D eigenvalue weighted by Gasteiger charge is 2.41. The first-order valence-electron chi connectivity index (χ1n) is 17.3. The second kappa shape index (κ2) is 11.8. The molecular formula is C44H33N5O. The van der Waals surface area contributed by atoms with Crippen LogP contribution >= 0.6 is 0 Å². The Kier molecular flexibility index (Phi) is 7.07. The van der Waals surface area contributed by atoms with Gasteiger partial charge in [-0.3, -0.25) is 0 Å². The average molecular weight is 648 g/mol. The second-order valence-corrected chi connectivity index (χ2v) is 14.3. The number of nitrogens with zero attached hydrogens (tertiary/aromatic N) is 5. The summed E-state index contributed by atoms with van der Waals surface area (Å²) < 4.78 is 6.56. The van der Waals surface area contributed by atoms with Crippen molar-refractivity contribution in [3.63, 3.8) is 0 Å². The quantitative estimate of drug-likeness (QED) is 0.184. The fourth-order valence-electron chi connectivity index (χ4n) is 8.51. The first-order valence-corrected chi connectivity index (χ1v) is 17.3. The summed E-state index contributed by atoms with van der Waals surface area (Å²) in [7, 11) is 0. The lowest BCUT2D eigenvalue weighted by molar-refractivity contribution is 0.232. The van der Waals surface area contributed by atoms with Crippen LogP contribution in [0.2, 0.25) is 0 Å². The molecule has 6 nitrogen and oxygen atoms in total. The van der Waals surface area contributed by atoms with E-state index in [9.17, 15) is 10.5 Å². The maximum absolute atomic E-state index is 9.32. The molecule has 9 rings (SSSR count). The summed E-state index contributed by atoms with van der Waals surface area (Å²) in [4.78, 5) is 14.6. The standard InChI is InChI=1S/C44H33N5O/c1-44(23-29-5-6-30(21-29)24-44)35-18-15-31(16-19-35)36-3-2-4-37-38-22-34(17-20-39(38)50-40(36)37)43-48-41(32-11-7-27(25-45)8-12-32)47-42(49-43)33-13-9-28(26-46)10-14-33/h2-4,7-20,22,29-30H,5-6,21,23-24H2,1H3/t29-,30?,44?/m1/s1. The van der Waals surface area contributed by atoms with Gasteiger partial charge in [-0.25, -0.2) is 15.0 Å². The molecule has 0 radical (unpaired) electrons. The molecule has 0 aliphatic heterocycles. The molecule has 2 aliphatic carbocycles. The molecular weight excluding hydrogens is 615 g/mol. The summed E-state index contributed by atoms with van der Waals surface area (Å²) in [6.07, 6.45) is 6.83. The molecule has 0 saturated heterocycles. The Morgan fingerprint density at radius 1 is 0.620 bits per heavy atom. The van der Waals surface area contributed by atoms with E-state index in [4.69, 9.17) is 19.4 Å². The number of aromatic nitrogens is 3. The maximum atomic E-state index is 9.32. The van der Waals surface area contributed by atoms with E-state index in [1.807, 2.05) is 36.4 Å². The van der Waals surface area contributed by atoms with Crippen LogP contribution in [0.15, 0.2) is 114 Å². The summed E-state index contributed by atoms with van der Waals surface area (Å²) >= 11 is 0. The monoisotopic (exact) mass is 647 g/mol. The summed E-state index contributed by atoms with van der Waals surface area (Å²) in [5.74, 6) is 3.28. The zero-order valence-electron chi connectivity index (χ0n) is 27.7. The van der Waals surface area contributed by atoms with E-state index >= 15 is 0 Å². The molecule has 0 spiro atoms. The smallest absolute Gasteiger partial charge is 0.164 e. The van der Waals surface area contributed by atoms with Crippen LogP contribution in [-0.2, 0) is 5.41 Å². The van der Waals surface area contributed by atoms with E-state index in [1.54, 1.807) is 24.3 Å². The number of para-hydroxylation sites is 1. The SMILES string of the molecule is CC1(c2ccc(-c3cccc4c3oc3ccc(-c5nc(-c6ccc(C#N)cc6)nc(-c6ccc(C#N)cc6)n5)cc34)cc2)CC2CC[C@H](C2)C1. The van der Waals surface area contributed by atoms with Crippen molar-refractivity contribution >= 4 is 21.9 Å². The van der Waals surface area contributed by atoms with Crippen LogP contribution in [0.25, 0.3) is 67.2 Å². The maximum Gasteiger partial charge on any atom is 0.164 e. The van der Waals surface area contributed by atoms with Gasteiger partial charge in [-0.2, -0.15) is 10.5 Å². The number of hydrogen-bond acceptors (Lipinski definition) is 6. The van der Waals surface area contributed by atoms with Gasteiger partial charge in [-0.15, -0.1) is 0 Å². The van der Waals surface area contributed by atoms with Crippen LogP contribution in [0, 0.1) is 34.5 Å². The van der Waals surface area contributed by atoms with Crippen molar-refractivity contribution in [2.24, 2.45) is 11.8 Å². The van der Waals surface area contributed by atoms with Crippen molar-refractivity contribution in [1.29, 1.82) is 10.5 Å². The first kappa shape index (κ1) is 30.0. The van der Waals surface area contributed by atoms with Crippen molar-refractivity contribution in [2.45, 2.75) is 44.4 Å². The van der Waals surface area contributed by atoms with Gasteiger partial charge >= 0.3 is 0 Å². The van der Waals surface area contributed by atoms with Gasteiger partial charge in [0.25, 0.3) is 0 Å². The normalized spacial score (nSPS) is 19.7. The van der Waals surface area contributed by atoms with E-state index in [0.29, 0.717) is 28.6 Å². The van der Waals surface area contributed by atoms with Crippen molar-refractivity contribution in [2.75, 3.05) is 0 Å². The van der Waals surface area contributed by atoms with E-state index in [-0.39, 0.29) is 5.41 Å². The van der Waals surface area contributed by atoms with Gasteiger partial charge < -0.3 is 4.42 Å². The predicted octanol–water partition coefficient (Wildman–Crippen LogP) is 10.7. The topological polar surface area (TPSA) is 99.4 Å². The molecule has 50 heavy (non-hydrogen) atoms. The Bertz CT molecular complexity index is 2410. The molecule has 2 fully saturated rings. The van der Waals surface area contributed by atoms with Crippen molar-refractivity contribution in [1.82, 2.24) is 15.0 Å². The lowest BCUT2D eigenvalue weighted by Crippen LogP contribution is -2.30. The number of fused-ring (bicyclic) bond motifs is 5. The fourth-order valence-corrected chi connectivity index (χ4v) is 8.51. The molecule has 2 saturated carbocycles. The van der Waals surface area contributed by atoms with Crippen LogP contribution in [0.1, 0.15) is 55.7 Å². The van der Waals surface area contributed by atoms with E-state index < -0.39 is 0 Å². The number of furan rings is 1. The number of benzene rings is 5. The highest BCUT2D eigenvalue weighted by Crippen LogP contribution is 2.52. The molecule has 2 bridgehead atoms. The summed E-state index contributed by atoms with van der Waals surface area (Å²) in [6, 6.07) is 40.4. The predicted molar refractivity (Wildman–Crippen MR) is 196 cm³/mol. The van der Waals surface area contributed by atoms with Crippen LogP contribution in [-0.4, -0.2) is 15.0 Å². The number of hydrogen-bond donors (Lipinski definition) is 0. The fraction of sp³-hybridized carbons (Fsp3) is 0.205. The van der Waals surface area contributed by atoms with Crippen molar-refractivity contribution in [3.8, 4) is 57.4 Å². The second-order valence-electron chi connectivity index (χ2n) is 14.3. The molecule has 0 amide bonds. The highest BCUT2D eigenvalue weighted by molar-refractivity contribution is 6.10. The van der Waals surface area contributed by atoms with Crippen molar-refractivity contribution in [3.05, 3.63) is 126 Å². The molecule has 2 heterocycles. The lowest BCUT2D eigenvalue weighted by Gasteiger charge is -2.38. The molecule has 7 aromatic rings. The van der Waals surface area contributed by atoms with Gasteiger partial charge in [0.05, 0.1) is 23.3 Å². The Labute approximate surface area is 290 Å². The Hall–Kier alpha value is -6.11. The van der Waals surface area contributed by atoms with Gasteiger partial charge in [-0.05, 0) is 114 Å². The minimum Gasteiger partial charge on any atom is -0.455 e. The lowest BCUT2D eigenvalue weighted by atomic mass is 9.66. The van der Waals surface area contributed by atoms with Gasteiger partial charge in [0.2, 0.25) is 0 Å². The minimum atomic E-state index is 0.263. The molecule has 3 atom stereocenters. The molecule has 0 N–H and O–H groups in total. The summed E-state index contributed by atoms with van der Waals surface area (Å²) in [6.45, 7) is 2.47. The van der Waals surface area contributed by atoms with Crippen LogP contribution in [0.4, 0.5) is 0 Å². The van der Waals surface area contributed by atoms with Crippen LogP contribution in [0.5, 0.6) is 0 Å². The summed E-state index contributed by atoms with van der Waals surface area (Å²) in [5.41, 5.74) is 9.11. The van der Waals surface area contributed by atoms with E-state index in [1.165, 1.54) is 37.7 Å². The first-order chi connectivity index (χ1) is 24.5. The third kappa shape index (κ3) is 5.21. The van der Waals surface area contributed by atoms with Crippen molar-refractivity contribution < 1.29 is 4.42 Å². The molecule has 5 aromatic carbocycles. The number of nitriles is 2. The van der Waals surface area contributed by atoms with Gasteiger partial charge in [-0.1, -0.05) is 62.2 Å². The van der Waals surface area contributed by atoms with Gasteiger partial charge in [0.1, 0.15) is 11.2 Å². The average Bonchev–Trinajstić information content (AvgIpc) is 3.73. The summed E-state index contributed by atoms with van der Waals surface area (Å²) in [5, 5.41) is 20.7. The largest absolute Gasteiger partial charge is 0.455 e. The third-order valence-electron chi connectivity index (χ3n) is 11.0. The zero-order valence-corrected chi connectivity index (χ0v) is 27.7. The van der Waals surface area contributed by atoms with Crippen LogP contribution in [0.3, 0.4) is 0 Å². The minimum absolute atomic E-state index is 0.263. The van der Waals surface area contributed by atoms with Gasteiger partial charge in [0.15, 0.2) is 17.5 Å². The Balaban J connectivity index is 1.11. The molecule has 6 heteroatoms. The Morgan fingerprint density at radius 2 is 1.16 bits per heavy atom. The molecule has 240 valence electrons. The molecule has 2 unspecified atom stereocenters. The van der Waals surface area contributed by atoms with E-state index in [0.717, 1.165) is 61.6 Å². The zero-order chi connectivity index (χ0) is 33.8. The molecule has 2 aliphatic rings. The molecule has 2 aromatic heterocycles. The van der Waals surface area contributed by atoms with E-state index in [2.05, 4.69) is 67.6 Å².